The number of hydrogen-bond acceptors (Lipinski definition) is 5. The maximum atomic E-state index is 12.4. The van der Waals surface area contributed by atoms with Gasteiger partial charge in [0.1, 0.15) is 11.6 Å². The molecule has 10 heteroatoms. The minimum Gasteiger partial charge on any atom is -0.370 e. The highest BCUT2D eigenvalue weighted by atomic mass is 19.4. The number of nitrogens with one attached hydrogen (secondary N) is 3. The zero-order valence-corrected chi connectivity index (χ0v) is 14.9. The minimum absolute atomic E-state index is 0.0671. The summed E-state index contributed by atoms with van der Waals surface area (Å²) >= 11 is 0. The lowest BCUT2D eigenvalue weighted by Gasteiger charge is -2.09. The monoisotopic (exact) mass is 383 g/mol. The summed E-state index contributed by atoms with van der Waals surface area (Å²) in [5.41, 5.74) is -0.298. The van der Waals surface area contributed by atoms with Gasteiger partial charge in [-0.2, -0.15) is 13.2 Å². The largest absolute Gasteiger partial charge is 0.417 e. The number of aromatic amines is 1. The zero-order valence-electron chi connectivity index (χ0n) is 14.9. The van der Waals surface area contributed by atoms with Gasteiger partial charge in [-0.15, -0.1) is 0 Å². The van der Waals surface area contributed by atoms with Crippen molar-refractivity contribution >= 4 is 11.7 Å². The fourth-order valence-electron chi connectivity index (χ4n) is 2.38. The molecule has 0 atom stereocenters. The molecule has 0 fully saturated rings. The molecule has 0 saturated heterocycles. The van der Waals surface area contributed by atoms with Crippen molar-refractivity contribution in [2.45, 2.75) is 32.9 Å². The summed E-state index contributed by atoms with van der Waals surface area (Å²) in [7, 11) is 0. The van der Waals surface area contributed by atoms with Gasteiger partial charge in [0.25, 0.3) is 5.56 Å². The topological polar surface area (TPSA) is 99.8 Å². The second-order valence-electron chi connectivity index (χ2n) is 5.95. The van der Waals surface area contributed by atoms with Crippen molar-refractivity contribution in [2.75, 3.05) is 18.4 Å². The van der Waals surface area contributed by atoms with Crippen LogP contribution in [0.1, 0.15) is 29.1 Å². The van der Waals surface area contributed by atoms with Crippen LogP contribution in [0.4, 0.5) is 19.0 Å². The number of halogens is 3. The van der Waals surface area contributed by atoms with E-state index in [1.54, 1.807) is 13.8 Å². The fourth-order valence-corrected chi connectivity index (χ4v) is 2.38. The number of aromatic nitrogens is 3. The lowest BCUT2D eigenvalue weighted by atomic mass is 10.1. The van der Waals surface area contributed by atoms with Crippen LogP contribution in [0, 0.1) is 13.8 Å². The van der Waals surface area contributed by atoms with E-state index in [0.717, 1.165) is 12.3 Å². The summed E-state index contributed by atoms with van der Waals surface area (Å²) in [6, 6.07) is 2.20. The number of amides is 1. The quantitative estimate of drug-likeness (QED) is 0.635. The van der Waals surface area contributed by atoms with Gasteiger partial charge in [-0.3, -0.25) is 9.59 Å². The predicted octanol–water partition coefficient (Wildman–Crippen LogP) is 1.96. The van der Waals surface area contributed by atoms with E-state index in [0.29, 0.717) is 42.4 Å². The first-order chi connectivity index (χ1) is 12.7. The Morgan fingerprint density at radius 2 is 1.96 bits per heavy atom. The number of carbonyl (C=O) groups excluding carboxylic acids is 1. The Morgan fingerprint density at radius 3 is 2.56 bits per heavy atom. The van der Waals surface area contributed by atoms with Crippen molar-refractivity contribution < 1.29 is 18.0 Å². The molecule has 7 nitrogen and oxygen atoms in total. The second kappa shape index (κ2) is 8.65. The molecule has 0 aliphatic carbocycles. The molecule has 0 aliphatic heterocycles. The van der Waals surface area contributed by atoms with E-state index in [4.69, 9.17) is 0 Å². The molecule has 1 amide bonds. The number of nitrogens with zero attached hydrogens (tertiary/aromatic N) is 2. The summed E-state index contributed by atoms with van der Waals surface area (Å²) in [6.07, 6.45) is -3.18. The molecular formula is C17H20F3N5O2. The molecule has 146 valence electrons. The maximum Gasteiger partial charge on any atom is 0.417 e. The third kappa shape index (κ3) is 6.08. The van der Waals surface area contributed by atoms with Gasteiger partial charge in [0, 0.05) is 30.5 Å². The highest BCUT2D eigenvalue weighted by molar-refractivity contribution is 5.78. The van der Waals surface area contributed by atoms with Gasteiger partial charge in [-0.1, -0.05) is 0 Å². The van der Waals surface area contributed by atoms with E-state index >= 15 is 0 Å². The number of H-pyrrole nitrogens is 1. The number of pyridine rings is 1. The Hall–Kier alpha value is -2.91. The first-order valence-electron chi connectivity index (χ1n) is 8.27. The lowest BCUT2D eigenvalue weighted by Crippen LogP contribution is -2.30. The van der Waals surface area contributed by atoms with E-state index < -0.39 is 11.7 Å². The summed E-state index contributed by atoms with van der Waals surface area (Å²) in [4.78, 5) is 34.2. The van der Waals surface area contributed by atoms with Gasteiger partial charge in [0.2, 0.25) is 5.91 Å². The van der Waals surface area contributed by atoms with Crippen molar-refractivity contribution in [2.24, 2.45) is 0 Å². The summed E-state index contributed by atoms with van der Waals surface area (Å²) in [5, 5.41) is 5.56. The van der Waals surface area contributed by atoms with Gasteiger partial charge in [0.15, 0.2) is 0 Å². The van der Waals surface area contributed by atoms with Gasteiger partial charge in [-0.25, -0.2) is 9.97 Å². The van der Waals surface area contributed by atoms with Crippen LogP contribution in [-0.2, 0) is 17.4 Å². The molecule has 0 saturated carbocycles. The number of anilines is 1. The average Bonchev–Trinajstić information content (AvgIpc) is 2.57. The molecule has 0 aromatic carbocycles. The van der Waals surface area contributed by atoms with Crippen molar-refractivity contribution in [3.05, 3.63) is 51.3 Å². The van der Waals surface area contributed by atoms with Crippen LogP contribution >= 0.6 is 0 Å². The summed E-state index contributed by atoms with van der Waals surface area (Å²) in [5.74, 6) is 0.508. The predicted molar refractivity (Wildman–Crippen MR) is 93.4 cm³/mol. The minimum atomic E-state index is -4.41. The van der Waals surface area contributed by atoms with E-state index in [9.17, 15) is 22.8 Å². The highest BCUT2D eigenvalue weighted by Gasteiger charge is 2.30. The molecule has 0 unspecified atom stereocenters. The van der Waals surface area contributed by atoms with Crippen LogP contribution in [0.2, 0.25) is 0 Å². The lowest BCUT2D eigenvalue weighted by molar-refractivity contribution is -0.137. The molecule has 0 bridgehead atoms. The van der Waals surface area contributed by atoms with E-state index in [1.807, 2.05) is 0 Å². The number of aryl methyl sites for hydroxylation is 2. The Morgan fingerprint density at radius 1 is 1.22 bits per heavy atom. The average molecular weight is 383 g/mol. The normalized spacial score (nSPS) is 11.3. The Balaban J connectivity index is 1.73. The van der Waals surface area contributed by atoms with Crippen LogP contribution < -0.4 is 16.2 Å². The molecular weight excluding hydrogens is 363 g/mol. The third-order valence-corrected chi connectivity index (χ3v) is 3.75. The molecule has 2 heterocycles. The van der Waals surface area contributed by atoms with E-state index in [1.165, 1.54) is 6.07 Å². The van der Waals surface area contributed by atoms with Crippen molar-refractivity contribution in [1.29, 1.82) is 0 Å². The van der Waals surface area contributed by atoms with Gasteiger partial charge >= 0.3 is 6.18 Å². The van der Waals surface area contributed by atoms with Crippen LogP contribution in [0.5, 0.6) is 0 Å². The smallest absolute Gasteiger partial charge is 0.370 e. The Labute approximate surface area is 153 Å². The van der Waals surface area contributed by atoms with Crippen LogP contribution in [-0.4, -0.2) is 33.9 Å². The van der Waals surface area contributed by atoms with Crippen molar-refractivity contribution in [1.82, 2.24) is 20.3 Å². The molecule has 0 radical (unpaired) electrons. The first kappa shape index (κ1) is 20.4. The molecule has 0 spiro atoms. The van der Waals surface area contributed by atoms with E-state index in [-0.39, 0.29) is 17.9 Å². The molecule has 2 aromatic rings. The van der Waals surface area contributed by atoms with Gasteiger partial charge < -0.3 is 15.6 Å². The van der Waals surface area contributed by atoms with Crippen LogP contribution in [0.25, 0.3) is 0 Å². The molecule has 3 N–H and O–H groups in total. The highest BCUT2D eigenvalue weighted by Crippen LogP contribution is 2.28. The first-order valence-corrected chi connectivity index (χ1v) is 8.27. The number of alkyl halides is 3. The summed E-state index contributed by atoms with van der Waals surface area (Å²) in [6.45, 7) is 4.11. The molecule has 0 aliphatic rings. The van der Waals surface area contributed by atoms with E-state index in [2.05, 4.69) is 25.6 Å². The molecule has 2 aromatic heterocycles. The number of hydrogen-bond donors (Lipinski definition) is 3. The second-order valence-corrected chi connectivity index (χ2v) is 5.95. The van der Waals surface area contributed by atoms with Crippen molar-refractivity contribution in [3.8, 4) is 0 Å². The standard InChI is InChI=1S/C17H20F3N5O2/c1-10-13(16(27)25-11(2)24-10)8-15(26)22-7-3-6-21-14-5-4-12(9-23-14)17(18,19)20/h4-5,9H,3,6-8H2,1-2H3,(H,21,23)(H,22,26)(H,24,25,27). The number of rotatable bonds is 7. The molecule has 27 heavy (non-hydrogen) atoms. The SMILES string of the molecule is Cc1nc(C)c(CC(=O)NCCCNc2ccc(C(F)(F)F)cn2)c(=O)[nH]1. The van der Waals surface area contributed by atoms with Gasteiger partial charge in [-0.05, 0) is 32.4 Å². The maximum absolute atomic E-state index is 12.4. The Kier molecular flexibility index (Phi) is 6.54. The fraction of sp³-hybridized carbons (Fsp3) is 0.412. The summed E-state index contributed by atoms with van der Waals surface area (Å²) < 4.78 is 37.3. The Bertz CT molecular complexity index is 847. The van der Waals surface area contributed by atoms with Crippen LogP contribution in [0.15, 0.2) is 23.1 Å². The van der Waals surface area contributed by atoms with Crippen LogP contribution in [0.3, 0.4) is 0 Å². The molecule has 2 rings (SSSR count). The third-order valence-electron chi connectivity index (χ3n) is 3.75. The zero-order chi connectivity index (χ0) is 20.0. The number of carbonyl (C=O) groups is 1. The van der Waals surface area contributed by atoms with Gasteiger partial charge in [0.05, 0.1) is 12.0 Å². The van der Waals surface area contributed by atoms with Crippen molar-refractivity contribution in [3.63, 3.8) is 0 Å².